The van der Waals surface area contributed by atoms with Crippen LogP contribution in [0.4, 0.5) is 0 Å². The van der Waals surface area contributed by atoms with Crippen molar-refractivity contribution in [2.24, 2.45) is 11.3 Å². The van der Waals surface area contributed by atoms with Crippen LogP contribution in [0.1, 0.15) is 31.9 Å². The van der Waals surface area contributed by atoms with Crippen LogP contribution in [0.15, 0.2) is 22.7 Å². The predicted molar refractivity (Wildman–Crippen MR) is 78.6 cm³/mol. The van der Waals surface area contributed by atoms with E-state index in [2.05, 4.69) is 15.9 Å². The maximum Gasteiger partial charge on any atom is 0.315 e. The van der Waals surface area contributed by atoms with Crippen molar-refractivity contribution in [3.63, 3.8) is 0 Å². The van der Waals surface area contributed by atoms with Crippen LogP contribution in [0.25, 0.3) is 0 Å². The predicted octanol–water partition coefficient (Wildman–Crippen LogP) is 3.58. The Balaban J connectivity index is 2.46. The lowest BCUT2D eigenvalue weighted by Gasteiger charge is -2.38. The quantitative estimate of drug-likeness (QED) is 0.846. The van der Waals surface area contributed by atoms with Gasteiger partial charge in [-0.05, 0) is 42.0 Å². The Morgan fingerprint density at radius 1 is 1.53 bits per heavy atom. The van der Waals surface area contributed by atoms with Crippen LogP contribution in [0.2, 0.25) is 0 Å². The summed E-state index contributed by atoms with van der Waals surface area (Å²) in [5.41, 5.74) is 2.06. The summed E-state index contributed by atoms with van der Waals surface area (Å²) in [5, 5.41) is 8.35. The highest BCUT2D eigenvalue weighted by molar-refractivity contribution is 9.10. The van der Waals surface area contributed by atoms with Crippen molar-refractivity contribution in [3.05, 3.63) is 33.8 Å². The number of carbonyl (C=O) groups is 1. The monoisotopic (exact) mass is 323 g/mol. The molecule has 1 unspecified atom stereocenters. The standard InChI is InChI=1S/C15H18BrNO2/c1-4-19-14(18)12-13(17)11-6-5-10(16)7-9(11)8-15(12,2)3/h5-7,12,17H,4,8H2,1-3H3. The van der Waals surface area contributed by atoms with Gasteiger partial charge in [-0.1, -0.05) is 35.8 Å². The fourth-order valence-corrected chi connectivity index (χ4v) is 3.18. The van der Waals surface area contributed by atoms with E-state index >= 15 is 0 Å². The number of ether oxygens (including phenoxy) is 1. The van der Waals surface area contributed by atoms with Crippen molar-refractivity contribution in [1.29, 1.82) is 5.41 Å². The van der Waals surface area contributed by atoms with E-state index < -0.39 is 5.92 Å². The van der Waals surface area contributed by atoms with Crippen LogP contribution in [0.3, 0.4) is 0 Å². The third-order valence-electron chi connectivity index (χ3n) is 3.60. The fourth-order valence-electron chi connectivity index (χ4n) is 2.77. The summed E-state index contributed by atoms with van der Waals surface area (Å²) in [5.74, 6) is -0.771. The van der Waals surface area contributed by atoms with Crippen LogP contribution >= 0.6 is 15.9 Å². The zero-order chi connectivity index (χ0) is 14.2. The minimum Gasteiger partial charge on any atom is -0.465 e. The molecule has 0 bridgehead atoms. The third kappa shape index (κ3) is 2.59. The lowest BCUT2D eigenvalue weighted by atomic mass is 9.65. The molecule has 0 saturated carbocycles. The van der Waals surface area contributed by atoms with Crippen molar-refractivity contribution >= 4 is 27.6 Å². The molecule has 1 aliphatic carbocycles. The summed E-state index contributed by atoms with van der Waals surface area (Å²) in [6, 6.07) is 5.85. The van der Waals surface area contributed by atoms with Crippen LogP contribution in [0.5, 0.6) is 0 Å². The SMILES string of the molecule is CCOC(=O)C1C(=N)c2ccc(Br)cc2CC1(C)C. The number of rotatable bonds is 2. The molecular weight excluding hydrogens is 306 g/mol. The molecule has 1 N–H and O–H groups in total. The number of carbonyl (C=O) groups excluding carboxylic acids is 1. The smallest absolute Gasteiger partial charge is 0.315 e. The molecule has 19 heavy (non-hydrogen) atoms. The topological polar surface area (TPSA) is 50.2 Å². The first-order valence-electron chi connectivity index (χ1n) is 6.40. The van der Waals surface area contributed by atoms with Crippen molar-refractivity contribution < 1.29 is 9.53 Å². The van der Waals surface area contributed by atoms with Crippen molar-refractivity contribution in [1.82, 2.24) is 0 Å². The number of halogens is 1. The van der Waals surface area contributed by atoms with E-state index in [0.29, 0.717) is 12.3 Å². The molecule has 0 fully saturated rings. The molecule has 1 aliphatic rings. The van der Waals surface area contributed by atoms with E-state index in [1.54, 1.807) is 6.92 Å². The van der Waals surface area contributed by atoms with Gasteiger partial charge in [-0.25, -0.2) is 0 Å². The molecule has 0 radical (unpaired) electrons. The van der Waals surface area contributed by atoms with Gasteiger partial charge in [0.05, 0.1) is 12.3 Å². The molecule has 1 aromatic carbocycles. The first-order valence-corrected chi connectivity index (χ1v) is 7.20. The minimum atomic E-state index is -0.485. The van der Waals surface area contributed by atoms with Crippen LogP contribution in [-0.2, 0) is 16.0 Å². The molecular formula is C15H18BrNO2. The fraction of sp³-hybridized carbons (Fsp3) is 0.467. The van der Waals surface area contributed by atoms with Gasteiger partial charge in [0.25, 0.3) is 0 Å². The number of hydrogen-bond acceptors (Lipinski definition) is 3. The molecule has 1 atom stereocenters. The molecule has 0 spiro atoms. The van der Waals surface area contributed by atoms with Gasteiger partial charge in [0, 0.05) is 4.47 Å². The van der Waals surface area contributed by atoms with Gasteiger partial charge in [0.2, 0.25) is 0 Å². The van der Waals surface area contributed by atoms with E-state index in [4.69, 9.17) is 10.1 Å². The Morgan fingerprint density at radius 2 is 2.21 bits per heavy atom. The number of hydrogen-bond donors (Lipinski definition) is 1. The number of nitrogens with one attached hydrogen (secondary N) is 1. The van der Waals surface area contributed by atoms with Crippen LogP contribution < -0.4 is 0 Å². The lowest BCUT2D eigenvalue weighted by Crippen LogP contribution is -2.43. The first-order chi connectivity index (χ1) is 8.86. The van der Waals surface area contributed by atoms with Gasteiger partial charge in [-0.15, -0.1) is 0 Å². The zero-order valence-electron chi connectivity index (χ0n) is 11.4. The molecule has 0 saturated heterocycles. The second-order valence-corrected chi connectivity index (χ2v) is 6.48. The third-order valence-corrected chi connectivity index (χ3v) is 4.09. The Kier molecular flexibility index (Phi) is 3.81. The first kappa shape index (κ1) is 14.3. The summed E-state index contributed by atoms with van der Waals surface area (Å²) in [7, 11) is 0. The van der Waals surface area contributed by atoms with E-state index in [-0.39, 0.29) is 11.4 Å². The number of fused-ring (bicyclic) bond motifs is 1. The summed E-state index contributed by atoms with van der Waals surface area (Å²) in [6.45, 7) is 6.19. The van der Waals surface area contributed by atoms with Crippen molar-refractivity contribution in [2.45, 2.75) is 27.2 Å². The van der Waals surface area contributed by atoms with Crippen LogP contribution in [0, 0.1) is 16.7 Å². The second-order valence-electron chi connectivity index (χ2n) is 5.57. The van der Waals surface area contributed by atoms with E-state index in [0.717, 1.165) is 22.0 Å². The summed E-state index contributed by atoms with van der Waals surface area (Å²) in [6.07, 6.45) is 0.771. The Bertz CT molecular complexity index is 537. The largest absolute Gasteiger partial charge is 0.465 e. The zero-order valence-corrected chi connectivity index (χ0v) is 13.0. The van der Waals surface area contributed by atoms with Gasteiger partial charge in [-0.2, -0.15) is 0 Å². The molecule has 4 heteroatoms. The lowest BCUT2D eigenvalue weighted by molar-refractivity contribution is -0.148. The maximum atomic E-state index is 12.1. The van der Waals surface area contributed by atoms with Gasteiger partial charge in [0.1, 0.15) is 5.92 Å². The number of benzene rings is 1. The van der Waals surface area contributed by atoms with Gasteiger partial charge in [0.15, 0.2) is 0 Å². The Labute approximate surface area is 122 Å². The normalized spacial score (nSPS) is 20.8. The summed E-state index contributed by atoms with van der Waals surface area (Å²) >= 11 is 3.45. The maximum absolute atomic E-state index is 12.1. The van der Waals surface area contributed by atoms with Gasteiger partial charge in [-0.3, -0.25) is 4.79 Å². The molecule has 102 valence electrons. The average Bonchev–Trinajstić information content (AvgIpc) is 2.27. The van der Waals surface area contributed by atoms with Gasteiger partial charge < -0.3 is 10.1 Å². The number of esters is 1. The highest BCUT2D eigenvalue weighted by Gasteiger charge is 2.44. The van der Waals surface area contributed by atoms with Crippen LogP contribution in [-0.4, -0.2) is 18.3 Å². The van der Waals surface area contributed by atoms with E-state index in [9.17, 15) is 4.79 Å². The highest BCUT2D eigenvalue weighted by Crippen LogP contribution is 2.40. The molecule has 3 nitrogen and oxygen atoms in total. The summed E-state index contributed by atoms with van der Waals surface area (Å²) in [4.78, 5) is 12.1. The van der Waals surface area contributed by atoms with Crippen molar-refractivity contribution in [3.8, 4) is 0 Å². The molecule has 0 heterocycles. The van der Waals surface area contributed by atoms with E-state index in [1.165, 1.54) is 0 Å². The minimum absolute atomic E-state index is 0.286. The molecule has 0 aromatic heterocycles. The molecule has 1 aromatic rings. The average molecular weight is 324 g/mol. The summed E-state index contributed by atoms with van der Waals surface area (Å²) < 4.78 is 6.14. The Morgan fingerprint density at radius 3 is 2.84 bits per heavy atom. The second kappa shape index (κ2) is 5.08. The van der Waals surface area contributed by atoms with Gasteiger partial charge >= 0.3 is 5.97 Å². The van der Waals surface area contributed by atoms with Crippen molar-refractivity contribution in [2.75, 3.05) is 6.61 Å². The molecule has 2 rings (SSSR count). The highest BCUT2D eigenvalue weighted by atomic mass is 79.9. The Hall–Kier alpha value is -1.16. The molecule has 0 aliphatic heterocycles. The van der Waals surface area contributed by atoms with E-state index in [1.807, 2.05) is 32.0 Å². The molecule has 0 amide bonds.